The number of carbonyl (C=O) groups is 1. The van der Waals surface area contributed by atoms with E-state index < -0.39 is 43.4 Å². The molecule has 0 aliphatic carbocycles. The molecule has 0 aromatic heterocycles. The summed E-state index contributed by atoms with van der Waals surface area (Å²) in [5.41, 5.74) is 0. The van der Waals surface area contributed by atoms with Gasteiger partial charge in [0.25, 0.3) is 0 Å². The molecule has 4 N–H and O–H groups in total. The van der Waals surface area contributed by atoms with E-state index in [2.05, 4.69) is 74.6 Å². The molecule has 1 aliphatic rings. The van der Waals surface area contributed by atoms with Crippen molar-refractivity contribution in [1.82, 2.24) is 0 Å². The van der Waals surface area contributed by atoms with E-state index in [-0.39, 0.29) is 19.2 Å². The van der Waals surface area contributed by atoms with Crippen LogP contribution in [0, 0.1) is 0 Å². The average molecular weight is 903 g/mol. The summed E-state index contributed by atoms with van der Waals surface area (Å²) in [6.45, 7) is 4.44. The Balaban J connectivity index is 2.20. The molecular formula is C55H98O9. The van der Waals surface area contributed by atoms with E-state index in [0.717, 1.165) is 64.2 Å². The highest BCUT2D eigenvalue weighted by atomic mass is 16.7. The Labute approximate surface area is 392 Å². The van der Waals surface area contributed by atoms with Crippen LogP contribution < -0.4 is 0 Å². The van der Waals surface area contributed by atoms with Crippen molar-refractivity contribution in [2.24, 2.45) is 0 Å². The molecule has 1 aliphatic heterocycles. The summed E-state index contributed by atoms with van der Waals surface area (Å²) in [6, 6.07) is 0. The monoisotopic (exact) mass is 903 g/mol. The van der Waals surface area contributed by atoms with Gasteiger partial charge in [0.1, 0.15) is 30.5 Å². The Morgan fingerprint density at radius 3 is 1.45 bits per heavy atom. The van der Waals surface area contributed by atoms with Gasteiger partial charge in [0.05, 0.1) is 19.8 Å². The number of rotatable bonds is 45. The fourth-order valence-corrected chi connectivity index (χ4v) is 7.83. The molecule has 1 fully saturated rings. The van der Waals surface area contributed by atoms with Crippen LogP contribution in [0.5, 0.6) is 0 Å². The van der Waals surface area contributed by atoms with Gasteiger partial charge < -0.3 is 39.4 Å². The van der Waals surface area contributed by atoms with E-state index in [1.165, 1.54) is 135 Å². The number of aliphatic hydroxyl groups excluding tert-OH is 4. The quantitative estimate of drug-likeness (QED) is 0.0268. The molecule has 0 amide bonds. The number of hydrogen-bond donors (Lipinski definition) is 4. The van der Waals surface area contributed by atoms with Crippen LogP contribution in [-0.2, 0) is 23.7 Å². The number of esters is 1. The van der Waals surface area contributed by atoms with Crippen molar-refractivity contribution in [3.8, 4) is 0 Å². The lowest BCUT2D eigenvalue weighted by Crippen LogP contribution is -2.59. The number of unbranched alkanes of at least 4 members (excludes halogenated alkanes) is 24. The van der Waals surface area contributed by atoms with Crippen LogP contribution in [0.15, 0.2) is 60.8 Å². The molecule has 9 heteroatoms. The summed E-state index contributed by atoms with van der Waals surface area (Å²) < 4.78 is 22.9. The highest BCUT2D eigenvalue weighted by Crippen LogP contribution is 2.23. The highest BCUT2D eigenvalue weighted by molar-refractivity contribution is 5.69. The van der Waals surface area contributed by atoms with E-state index >= 15 is 0 Å². The molecule has 372 valence electrons. The molecule has 6 atom stereocenters. The van der Waals surface area contributed by atoms with Crippen molar-refractivity contribution in [2.45, 2.75) is 256 Å². The molecule has 9 nitrogen and oxygen atoms in total. The van der Waals surface area contributed by atoms with Crippen LogP contribution in [0.1, 0.15) is 219 Å². The van der Waals surface area contributed by atoms with Crippen molar-refractivity contribution in [3.05, 3.63) is 60.8 Å². The van der Waals surface area contributed by atoms with Gasteiger partial charge in [-0.3, -0.25) is 4.79 Å². The third kappa shape index (κ3) is 36.1. The van der Waals surface area contributed by atoms with E-state index in [0.29, 0.717) is 13.0 Å². The maximum absolute atomic E-state index is 12.8. The van der Waals surface area contributed by atoms with Gasteiger partial charge in [-0.25, -0.2) is 0 Å². The first kappa shape index (κ1) is 59.9. The Hall–Kier alpha value is -2.11. The zero-order valence-corrected chi connectivity index (χ0v) is 41.0. The Bertz CT molecular complexity index is 1160. The molecule has 0 aromatic rings. The topological polar surface area (TPSA) is 135 Å². The van der Waals surface area contributed by atoms with Gasteiger partial charge in [0, 0.05) is 13.0 Å². The molecule has 0 aromatic carbocycles. The smallest absolute Gasteiger partial charge is 0.306 e. The van der Waals surface area contributed by atoms with E-state index in [1.54, 1.807) is 0 Å². The zero-order chi connectivity index (χ0) is 46.4. The Morgan fingerprint density at radius 2 is 0.953 bits per heavy atom. The first-order valence-electron chi connectivity index (χ1n) is 26.4. The SMILES string of the molecule is CC/C=C\C/C=C\C/C=C\C/C=C\CCCCCCCCCCCOCC(COC1OC(CO)C(O)C(O)C1O)OC(=O)CCCCCCCCCCC/C=C\CCCCCCCC. The molecule has 0 radical (unpaired) electrons. The fourth-order valence-electron chi connectivity index (χ4n) is 7.83. The number of ether oxygens (including phenoxy) is 4. The third-order valence-electron chi connectivity index (χ3n) is 11.9. The molecule has 0 saturated carbocycles. The summed E-state index contributed by atoms with van der Waals surface area (Å²) in [5, 5.41) is 40.3. The second-order valence-electron chi connectivity index (χ2n) is 17.9. The second-order valence-corrected chi connectivity index (χ2v) is 17.9. The number of carbonyl (C=O) groups excluding carboxylic acids is 1. The van der Waals surface area contributed by atoms with Gasteiger partial charge in [-0.05, 0) is 77.0 Å². The Morgan fingerprint density at radius 1 is 0.516 bits per heavy atom. The minimum absolute atomic E-state index is 0.118. The molecule has 1 heterocycles. The summed E-state index contributed by atoms with van der Waals surface area (Å²) in [7, 11) is 0. The molecule has 1 rings (SSSR count). The van der Waals surface area contributed by atoms with Gasteiger partial charge in [0.2, 0.25) is 0 Å². The van der Waals surface area contributed by atoms with Crippen molar-refractivity contribution in [3.63, 3.8) is 0 Å². The third-order valence-corrected chi connectivity index (χ3v) is 11.9. The van der Waals surface area contributed by atoms with Crippen LogP contribution in [0.4, 0.5) is 0 Å². The van der Waals surface area contributed by atoms with E-state index in [9.17, 15) is 25.2 Å². The maximum Gasteiger partial charge on any atom is 0.306 e. The maximum atomic E-state index is 12.8. The molecule has 6 unspecified atom stereocenters. The lowest BCUT2D eigenvalue weighted by atomic mass is 9.99. The van der Waals surface area contributed by atoms with Crippen molar-refractivity contribution < 1.29 is 44.2 Å². The number of hydrogen-bond acceptors (Lipinski definition) is 9. The van der Waals surface area contributed by atoms with Crippen molar-refractivity contribution in [2.75, 3.05) is 26.4 Å². The van der Waals surface area contributed by atoms with Gasteiger partial charge >= 0.3 is 5.97 Å². The fraction of sp³-hybridized carbons (Fsp3) is 0.800. The molecule has 1 saturated heterocycles. The van der Waals surface area contributed by atoms with E-state index in [1.807, 2.05) is 0 Å². The minimum atomic E-state index is -1.54. The van der Waals surface area contributed by atoms with Crippen LogP contribution in [0.3, 0.4) is 0 Å². The van der Waals surface area contributed by atoms with Crippen LogP contribution in [-0.4, -0.2) is 89.6 Å². The first-order chi connectivity index (χ1) is 31.4. The van der Waals surface area contributed by atoms with E-state index in [4.69, 9.17) is 18.9 Å². The average Bonchev–Trinajstić information content (AvgIpc) is 3.30. The summed E-state index contributed by atoms with van der Waals surface area (Å²) >= 11 is 0. The van der Waals surface area contributed by atoms with Gasteiger partial charge in [-0.1, -0.05) is 197 Å². The predicted octanol–water partition coefficient (Wildman–Crippen LogP) is 13.0. The predicted molar refractivity (Wildman–Crippen MR) is 265 cm³/mol. The zero-order valence-electron chi connectivity index (χ0n) is 41.0. The van der Waals surface area contributed by atoms with Crippen molar-refractivity contribution >= 4 is 5.97 Å². The lowest BCUT2D eigenvalue weighted by Gasteiger charge is -2.39. The summed E-state index contributed by atoms with van der Waals surface area (Å²) in [6.07, 6.45) is 52.5. The summed E-state index contributed by atoms with van der Waals surface area (Å²) in [4.78, 5) is 12.8. The van der Waals surface area contributed by atoms with Crippen LogP contribution >= 0.6 is 0 Å². The standard InChI is InChI=1S/C55H98O9/c1-3-5-7-9-11-13-15-17-19-21-23-24-25-27-29-31-33-35-37-39-41-43-45-61-47-49(48-62-55-54(60)53(59)52(58)50(46-56)64-55)63-51(57)44-42-40-38-36-34-32-30-28-26-22-20-18-16-14-12-10-8-6-4-2/h5,7,11,13,17-20,23-24,49-50,52-56,58-60H,3-4,6,8-10,12,14-16,21-22,25-48H2,1-2H3/b7-5-,13-11-,19-17-,20-18-,24-23-. The van der Waals surface area contributed by atoms with Crippen LogP contribution in [0.25, 0.3) is 0 Å². The highest BCUT2D eigenvalue weighted by Gasteiger charge is 2.44. The molecule has 0 bridgehead atoms. The minimum Gasteiger partial charge on any atom is -0.457 e. The number of allylic oxidation sites excluding steroid dienone is 10. The summed E-state index contributed by atoms with van der Waals surface area (Å²) in [5.74, 6) is -0.318. The van der Waals surface area contributed by atoms with Gasteiger partial charge in [-0.15, -0.1) is 0 Å². The Kier molecular flexibility index (Phi) is 43.1. The normalized spacial score (nSPS) is 20.0. The largest absolute Gasteiger partial charge is 0.457 e. The molecular weight excluding hydrogens is 805 g/mol. The van der Waals surface area contributed by atoms with Gasteiger partial charge in [-0.2, -0.15) is 0 Å². The molecule has 64 heavy (non-hydrogen) atoms. The van der Waals surface area contributed by atoms with Crippen molar-refractivity contribution in [1.29, 1.82) is 0 Å². The van der Waals surface area contributed by atoms with Gasteiger partial charge in [0.15, 0.2) is 6.29 Å². The molecule has 0 spiro atoms. The number of aliphatic hydroxyl groups is 4. The lowest BCUT2D eigenvalue weighted by molar-refractivity contribution is -0.305. The first-order valence-corrected chi connectivity index (χ1v) is 26.4. The van der Waals surface area contributed by atoms with Crippen LogP contribution in [0.2, 0.25) is 0 Å². The second kappa shape index (κ2) is 46.0.